The number of sulfonamides is 1. The highest BCUT2D eigenvalue weighted by atomic mass is 32.2. The molecule has 0 bridgehead atoms. The smallest absolute Gasteiger partial charge is 0.211 e. The van der Waals surface area contributed by atoms with E-state index >= 15 is 0 Å². The second-order valence-electron chi connectivity index (χ2n) is 5.32. The van der Waals surface area contributed by atoms with E-state index in [0.29, 0.717) is 44.7 Å². The third-order valence-electron chi connectivity index (χ3n) is 3.48. The van der Waals surface area contributed by atoms with Gasteiger partial charge in [-0.05, 0) is 38.5 Å². The quantitative estimate of drug-likeness (QED) is 0.577. The molecule has 1 saturated carbocycles. The van der Waals surface area contributed by atoms with Gasteiger partial charge < -0.3 is 15.2 Å². The predicted molar refractivity (Wildman–Crippen MR) is 79.1 cm³/mol. The molecule has 1 rings (SSSR count). The lowest BCUT2D eigenvalue weighted by molar-refractivity contribution is 0.0245. The van der Waals surface area contributed by atoms with Crippen molar-refractivity contribution >= 4 is 10.0 Å². The van der Waals surface area contributed by atoms with Crippen LogP contribution in [0.1, 0.15) is 38.5 Å². The van der Waals surface area contributed by atoms with Crippen LogP contribution in [0.5, 0.6) is 0 Å². The van der Waals surface area contributed by atoms with Crippen molar-refractivity contribution in [2.45, 2.75) is 50.7 Å². The molecule has 0 spiro atoms. The normalized spacial score (nSPS) is 23.9. The Kier molecular flexibility index (Phi) is 8.63. The molecule has 0 heterocycles. The molecule has 120 valence electrons. The monoisotopic (exact) mass is 308 g/mol. The van der Waals surface area contributed by atoms with Gasteiger partial charge in [-0.15, -0.1) is 0 Å². The van der Waals surface area contributed by atoms with Crippen molar-refractivity contribution < 1.29 is 17.9 Å². The lowest BCUT2D eigenvalue weighted by Crippen LogP contribution is -2.31. The number of rotatable bonds is 10. The Morgan fingerprint density at radius 1 is 1.15 bits per heavy atom. The van der Waals surface area contributed by atoms with E-state index in [9.17, 15) is 8.42 Å². The fourth-order valence-corrected chi connectivity index (χ4v) is 3.37. The van der Waals surface area contributed by atoms with Gasteiger partial charge in [-0.2, -0.15) is 0 Å². The number of methoxy groups -OCH3 is 1. The Hall–Kier alpha value is -0.210. The summed E-state index contributed by atoms with van der Waals surface area (Å²) in [4.78, 5) is 0. The van der Waals surface area contributed by atoms with Crippen molar-refractivity contribution in [3.8, 4) is 0 Å². The van der Waals surface area contributed by atoms with Crippen LogP contribution in [0.4, 0.5) is 0 Å². The van der Waals surface area contributed by atoms with Crippen LogP contribution in [0.25, 0.3) is 0 Å². The van der Waals surface area contributed by atoms with Gasteiger partial charge in [-0.1, -0.05) is 0 Å². The number of hydrogen-bond donors (Lipinski definition) is 2. The van der Waals surface area contributed by atoms with Crippen molar-refractivity contribution in [2.75, 3.05) is 32.6 Å². The summed E-state index contributed by atoms with van der Waals surface area (Å²) >= 11 is 0. The number of hydrogen-bond acceptors (Lipinski definition) is 5. The van der Waals surface area contributed by atoms with Gasteiger partial charge in [0.25, 0.3) is 0 Å². The highest BCUT2D eigenvalue weighted by molar-refractivity contribution is 7.89. The molecule has 6 nitrogen and oxygen atoms in total. The molecule has 0 atom stereocenters. The van der Waals surface area contributed by atoms with E-state index in [1.807, 2.05) is 0 Å². The molecular formula is C13H28N2O4S. The molecule has 20 heavy (non-hydrogen) atoms. The largest absolute Gasteiger partial charge is 0.385 e. The third-order valence-corrected chi connectivity index (χ3v) is 4.95. The van der Waals surface area contributed by atoms with Gasteiger partial charge in [0.2, 0.25) is 10.0 Å². The maximum atomic E-state index is 11.6. The van der Waals surface area contributed by atoms with Crippen LogP contribution in [0.2, 0.25) is 0 Å². The molecule has 0 saturated heterocycles. The van der Waals surface area contributed by atoms with Crippen molar-refractivity contribution in [3.05, 3.63) is 0 Å². The lowest BCUT2D eigenvalue weighted by atomic mass is 9.94. The Morgan fingerprint density at radius 3 is 2.50 bits per heavy atom. The summed E-state index contributed by atoms with van der Waals surface area (Å²) in [6.07, 6.45) is 5.60. The first-order chi connectivity index (χ1) is 9.53. The molecule has 0 amide bonds. The van der Waals surface area contributed by atoms with Crippen LogP contribution in [0.3, 0.4) is 0 Å². The zero-order valence-electron chi connectivity index (χ0n) is 12.3. The Morgan fingerprint density at radius 2 is 1.85 bits per heavy atom. The summed E-state index contributed by atoms with van der Waals surface area (Å²) in [6.45, 7) is 1.50. The van der Waals surface area contributed by atoms with Gasteiger partial charge >= 0.3 is 0 Å². The molecule has 0 aromatic rings. The van der Waals surface area contributed by atoms with E-state index in [2.05, 4.69) is 4.72 Å². The van der Waals surface area contributed by atoms with Crippen LogP contribution in [-0.4, -0.2) is 53.2 Å². The van der Waals surface area contributed by atoms with E-state index in [-0.39, 0.29) is 5.75 Å². The molecule has 0 radical (unpaired) electrons. The summed E-state index contributed by atoms with van der Waals surface area (Å²) in [6, 6.07) is 0.328. The van der Waals surface area contributed by atoms with E-state index in [0.717, 1.165) is 25.7 Å². The molecule has 0 aromatic heterocycles. The highest BCUT2D eigenvalue weighted by Gasteiger charge is 2.18. The molecule has 1 aliphatic rings. The topological polar surface area (TPSA) is 90.7 Å². The van der Waals surface area contributed by atoms with Gasteiger partial charge in [0, 0.05) is 32.9 Å². The first-order valence-corrected chi connectivity index (χ1v) is 9.02. The van der Waals surface area contributed by atoms with E-state index in [1.165, 1.54) is 0 Å². The first kappa shape index (κ1) is 17.8. The zero-order valence-corrected chi connectivity index (χ0v) is 13.2. The summed E-state index contributed by atoms with van der Waals surface area (Å²) < 4.78 is 36.3. The van der Waals surface area contributed by atoms with Crippen molar-refractivity contribution in [3.63, 3.8) is 0 Å². The summed E-state index contributed by atoms with van der Waals surface area (Å²) in [5, 5.41) is 0. The van der Waals surface area contributed by atoms with E-state index in [4.69, 9.17) is 15.2 Å². The predicted octanol–water partition coefficient (Wildman–Crippen LogP) is 0.619. The van der Waals surface area contributed by atoms with Gasteiger partial charge in [0.1, 0.15) is 0 Å². The molecule has 0 aromatic carbocycles. The van der Waals surface area contributed by atoms with Crippen LogP contribution in [-0.2, 0) is 19.5 Å². The third kappa shape index (κ3) is 8.16. The van der Waals surface area contributed by atoms with Crippen molar-refractivity contribution in [1.29, 1.82) is 0 Å². The molecule has 1 fully saturated rings. The standard InChI is InChI=1S/C13H28N2O4S/c1-18-9-3-11-20(16,17)15-8-2-10-19-13-6-4-12(14)5-7-13/h12-13,15H,2-11,14H2,1H3. The SMILES string of the molecule is COCCCS(=O)(=O)NCCCOC1CCC(N)CC1. The number of nitrogens with one attached hydrogen (secondary N) is 1. The maximum absolute atomic E-state index is 11.6. The average molecular weight is 308 g/mol. The molecule has 0 aliphatic heterocycles. The minimum atomic E-state index is -3.17. The van der Waals surface area contributed by atoms with E-state index < -0.39 is 10.0 Å². The van der Waals surface area contributed by atoms with Crippen LogP contribution in [0, 0.1) is 0 Å². The Balaban J connectivity index is 2.01. The van der Waals surface area contributed by atoms with Crippen LogP contribution in [0.15, 0.2) is 0 Å². The molecular weight excluding hydrogens is 280 g/mol. The molecule has 3 N–H and O–H groups in total. The van der Waals surface area contributed by atoms with Crippen LogP contribution < -0.4 is 10.5 Å². The maximum Gasteiger partial charge on any atom is 0.211 e. The summed E-state index contributed by atoms with van der Waals surface area (Å²) in [5.41, 5.74) is 5.83. The lowest BCUT2D eigenvalue weighted by Gasteiger charge is -2.26. The second kappa shape index (κ2) is 9.68. The average Bonchev–Trinajstić information content (AvgIpc) is 2.40. The molecule has 1 aliphatic carbocycles. The summed E-state index contributed by atoms with van der Waals surface area (Å²) in [5.74, 6) is 0.113. The number of ether oxygens (including phenoxy) is 2. The Labute approximate surface area is 122 Å². The van der Waals surface area contributed by atoms with Gasteiger partial charge in [-0.3, -0.25) is 0 Å². The minimum absolute atomic E-state index is 0.113. The van der Waals surface area contributed by atoms with E-state index in [1.54, 1.807) is 7.11 Å². The minimum Gasteiger partial charge on any atom is -0.385 e. The van der Waals surface area contributed by atoms with Gasteiger partial charge in [-0.25, -0.2) is 13.1 Å². The van der Waals surface area contributed by atoms with Crippen molar-refractivity contribution in [1.82, 2.24) is 4.72 Å². The number of nitrogens with two attached hydrogens (primary N) is 1. The highest BCUT2D eigenvalue weighted by Crippen LogP contribution is 2.19. The molecule has 0 unspecified atom stereocenters. The first-order valence-electron chi connectivity index (χ1n) is 7.37. The fraction of sp³-hybridized carbons (Fsp3) is 1.00. The molecule has 7 heteroatoms. The second-order valence-corrected chi connectivity index (χ2v) is 7.25. The van der Waals surface area contributed by atoms with Gasteiger partial charge in [0.15, 0.2) is 0 Å². The Bertz CT molecular complexity index is 340. The summed E-state index contributed by atoms with van der Waals surface area (Å²) in [7, 11) is -1.60. The van der Waals surface area contributed by atoms with Gasteiger partial charge in [0.05, 0.1) is 11.9 Å². The van der Waals surface area contributed by atoms with Crippen molar-refractivity contribution in [2.24, 2.45) is 5.73 Å². The van der Waals surface area contributed by atoms with Crippen LogP contribution >= 0.6 is 0 Å². The fourth-order valence-electron chi connectivity index (χ4n) is 2.27. The zero-order chi connectivity index (χ0) is 14.8.